The SMILES string of the molecule is Cn1nc(C(=O)NCC(c2ccccc2)N2CCCC2)ccc1=O. The van der Waals surface area contributed by atoms with Gasteiger partial charge in [0.2, 0.25) is 0 Å². The largest absolute Gasteiger partial charge is 0.349 e. The lowest BCUT2D eigenvalue weighted by Gasteiger charge is -2.28. The zero-order chi connectivity index (χ0) is 16.9. The summed E-state index contributed by atoms with van der Waals surface area (Å²) in [6.45, 7) is 2.62. The summed E-state index contributed by atoms with van der Waals surface area (Å²) >= 11 is 0. The minimum Gasteiger partial charge on any atom is -0.349 e. The predicted octanol–water partition coefficient (Wildman–Crippen LogP) is 1.35. The maximum absolute atomic E-state index is 12.4. The van der Waals surface area contributed by atoms with Gasteiger partial charge >= 0.3 is 0 Å². The van der Waals surface area contributed by atoms with E-state index in [4.69, 9.17) is 0 Å². The average Bonchev–Trinajstić information content (AvgIpc) is 3.12. The van der Waals surface area contributed by atoms with Crippen LogP contribution < -0.4 is 10.9 Å². The molecule has 1 aliphatic heterocycles. The van der Waals surface area contributed by atoms with Crippen molar-refractivity contribution in [2.75, 3.05) is 19.6 Å². The molecule has 0 radical (unpaired) electrons. The Labute approximate surface area is 141 Å². The molecule has 2 aromatic rings. The van der Waals surface area contributed by atoms with Gasteiger partial charge in [-0.15, -0.1) is 0 Å². The maximum Gasteiger partial charge on any atom is 0.271 e. The van der Waals surface area contributed by atoms with Gasteiger partial charge in [-0.1, -0.05) is 30.3 Å². The van der Waals surface area contributed by atoms with Gasteiger partial charge in [0.15, 0.2) is 0 Å². The normalized spacial score (nSPS) is 16.0. The van der Waals surface area contributed by atoms with Crippen molar-refractivity contribution in [3.05, 3.63) is 64.1 Å². The lowest BCUT2D eigenvalue weighted by Crippen LogP contribution is -2.37. The second kappa shape index (κ2) is 7.40. The highest BCUT2D eigenvalue weighted by Gasteiger charge is 2.24. The average molecular weight is 326 g/mol. The van der Waals surface area contributed by atoms with Gasteiger partial charge in [-0.05, 0) is 37.6 Å². The first-order valence-corrected chi connectivity index (χ1v) is 8.27. The second-order valence-corrected chi connectivity index (χ2v) is 6.06. The van der Waals surface area contributed by atoms with Crippen LogP contribution in [0.1, 0.15) is 34.9 Å². The third kappa shape index (κ3) is 3.71. The number of hydrogen-bond donors (Lipinski definition) is 1. The standard InChI is InChI=1S/C18H22N4O2/c1-21-17(23)10-9-15(20-21)18(24)19-13-16(22-11-5-6-12-22)14-7-3-2-4-8-14/h2-4,7-10,16H,5-6,11-13H2,1H3,(H,19,24). The minimum absolute atomic E-state index is 0.158. The highest BCUT2D eigenvalue weighted by molar-refractivity contribution is 5.92. The number of aromatic nitrogens is 2. The Balaban J connectivity index is 1.72. The number of amides is 1. The molecule has 0 saturated carbocycles. The Bertz CT molecular complexity index is 751. The van der Waals surface area contributed by atoms with Gasteiger partial charge in [0.25, 0.3) is 11.5 Å². The molecule has 6 heteroatoms. The molecule has 1 atom stereocenters. The van der Waals surface area contributed by atoms with Crippen LogP contribution in [-0.4, -0.2) is 40.2 Å². The van der Waals surface area contributed by atoms with Crippen LogP contribution in [0.4, 0.5) is 0 Å². The fourth-order valence-electron chi connectivity index (χ4n) is 3.09. The van der Waals surface area contributed by atoms with E-state index in [9.17, 15) is 9.59 Å². The summed E-state index contributed by atoms with van der Waals surface area (Å²) in [6.07, 6.45) is 2.39. The lowest BCUT2D eigenvalue weighted by molar-refractivity contribution is 0.0930. The van der Waals surface area contributed by atoms with E-state index >= 15 is 0 Å². The van der Waals surface area contributed by atoms with Gasteiger partial charge in [0, 0.05) is 19.7 Å². The van der Waals surface area contributed by atoms with Crippen molar-refractivity contribution in [2.45, 2.75) is 18.9 Å². The first kappa shape index (κ1) is 16.4. The molecular formula is C18H22N4O2. The number of carbonyl (C=O) groups is 1. The van der Waals surface area contributed by atoms with Crippen molar-refractivity contribution in [3.63, 3.8) is 0 Å². The Hall–Kier alpha value is -2.47. The highest BCUT2D eigenvalue weighted by Crippen LogP contribution is 2.24. The Kier molecular flexibility index (Phi) is 5.05. The van der Waals surface area contributed by atoms with E-state index in [0.29, 0.717) is 6.54 Å². The number of nitrogens with one attached hydrogen (secondary N) is 1. The molecule has 0 spiro atoms. The quantitative estimate of drug-likeness (QED) is 0.900. The number of carbonyl (C=O) groups excluding carboxylic acids is 1. The fourth-order valence-corrected chi connectivity index (χ4v) is 3.09. The van der Waals surface area contributed by atoms with E-state index in [2.05, 4.69) is 27.4 Å². The molecule has 24 heavy (non-hydrogen) atoms. The van der Waals surface area contributed by atoms with Crippen molar-refractivity contribution in [2.24, 2.45) is 7.05 Å². The molecule has 1 unspecified atom stereocenters. The number of rotatable bonds is 5. The highest BCUT2D eigenvalue weighted by atomic mass is 16.2. The summed E-state index contributed by atoms with van der Waals surface area (Å²) in [4.78, 5) is 26.1. The van der Waals surface area contributed by atoms with Crippen molar-refractivity contribution in [3.8, 4) is 0 Å². The van der Waals surface area contributed by atoms with Crippen molar-refractivity contribution >= 4 is 5.91 Å². The molecule has 1 amide bonds. The molecule has 1 aromatic heterocycles. The number of aryl methyl sites for hydroxylation is 1. The molecule has 0 bridgehead atoms. The molecule has 1 fully saturated rings. The summed E-state index contributed by atoms with van der Waals surface area (Å²) in [7, 11) is 1.54. The Morgan fingerprint density at radius 1 is 1.17 bits per heavy atom. The van der Waals surface area contributed by atoms with Crippen molar-refractivity contribution < 1.29 is 4.79 Å². The van der Waals surface area contributed by atoms with Gasteiger partial charge in [-0.3, -0.25) is 14.5 Å². The monoisotopic (exact) mass is 326 g/mol. The molecule has 1 N–H and O–H groups in total. The smallest absolute Gasteiger partial charge is 0.271 e. The van der Waals surface area contributed by atoms with Gasteiger partial charge in [-0.25, -0.2) is 4.68 Å². The van der Waals surface area contributed by atoms with E-state index in [1.54, 1.807) is 0 Å². The summed E-state index contributed by atoms with van der Waals surface area (Å²) in [5, 5.41) is 6.96. The van der Waals surface area contributed by atoms with Crippen molar-refractivity contribution in [1.82, 2.24) is 20.0 Å². The summed E-state index contributed by atoms with van der Waals surface area (Å²) in [5.41, 5.74) is 1.23. The fraction of sp³-hybridized carbons (Fsp3) is 0.389. The third-order valence-electron chi connectivity index (χ3n) is 4.41. The van der Waals surface area contributed by atoms with Crippen LogP contribution in [0.15, 0.2) is 47.3 Å². The summed E-state index contributed by atoms with van der Waals surface area (Å²) in [5.74, 6) is -0.259. The zero-order valence-electron chi connectivity index (χ0n) is 13.8. The number of nitrogens with zero attached hydrogens (tertiary/aromatic N) is 3. The second-order valence-electron chi connectivity index (χ2n) is 6.06. The summed E-state index contributed by atoms with van der Waals surface area (Å²) in [6, 6.07) is 13.2. The minimum atomic E-state index is -0.259. The lowest BCUT2D eigenvalue weighted by atomic mass is 10.1. The van der Waals surface area contributed by atoms with E-state index in [1.165, 1.54) is 42.3 Å². The van der Waals surface area contributed by atoms with Crippen LogP contribution in [0.3, 0.4) is 0 Å². The van der Waals surface area contributed by atoms with E-state index in [1.807, 2.05) is 18.2 Å². The molecular weight excluding hydrogens is 304 g/mol. The van der Waals surface area contributed by atoms with Crippen LogP contribution in [0, 0.1) is 0 Å². The van der Waals surface area contributed by atoms with E-state index in [-0.39, 0.29) is 23.2 Å². The molecule has 0 aliphatic carbocycles. The number of hydrogen-bond acceptors (Lipinski definition) is 4. The van der Waals surface area contributed by atoms with Gasteiger partial charge in [0.1, 0.15) is 5.69 Å². The number of benzene rings is 1. The van der Waals surface area contributed by atoms with Gasteiger partial charge in [0.05, 0.1) is 6.04 Å². The van der Waals surface area contributed by atoms with Gasteiger partial charge in [-0.2, -0.15) is 5.10 Å². The Morgan fingerprint density at radius 2 is 1.88 bits per heavy atom. The van der Waals surface area contributed by atoms with E-state index < -0.39 is 0 Å². The Morgan fingerprint density at radius 3 is 2.54 bits per heavy atom. The van der Waals surface area contributed by atoms with Crippen molar-refractivity contribution in [1.29, 1.82) is 0 Å². The molecule has 2 heterocycles. The molecule has 1 aromatic carbocycles. The number of likely N-dealkylation sites (tertiary alicyclic amines) is 1. The van der Waals surface area contributed by atoms with Gasteiger partial charge < -0.3 is 5.32 Å². The predicted molar refractivity (Wildman–Crippen MR) is 91.8 cm³/mol. The van der Waals surface area contributed by atoms with Crippen LogP contribution in [-0.2, 0) is 7.05 Å². The first-order chi connectivity index (χ1) is 11.6. The zero-order valence-corrected chi connectivity index (χ0v) is 13.8. The van der Waals surface area contributed by atoms with E-state index in [0.717, 1.165) is 13.1 Å². The molecule has 126 valence electrons. The topological polar surface area (TPSA) is 67.2 Å². The van der Waals surface area contributed by atoms with Crippen LogP contribution in [0.5, 0.6) is 0 Å². The van der Waals surface area contributed by atoms with Crippen LogP contribution >= 0.6 is 0 Å². The summed E-state index contributed by atoms with van der Waals surface area (Å²) < 4.78 is 1.17. The third-order valence-corrected chi connectivity index (χ3v) is 4.41. The molecule has 1 aliphatic rings. The maximum atomic E-state index is 12.4. The first-order valence-electron chi connectivity index (χ1n) is 8.27. The van der Waals surface area contributed by atoms with Crippen LogP contribution in [0.25, 0.3) is 0 Å². The molecule has 6 nitrogen and oxygen atoms in total. The molecule has 3 rings (SSSR count). The molecule has 1 saturated heterocycles. The van der Waals surface area contributed by atoms with Crippen LogP contribution in [0.2, 0.25) is 0 Å².